The quantitative estimate of drug-likeness (QED) is 0.103. The molecule has 14 nitrogen and oxygen atoms in total. The van der Waals surface area contributed by atoms with Crippen molar-refractivity contribution in [1.82, 2.24) is 16.0 Å². The third-order valence-electron chi connectivity index (χ3n) is 4.32. The maximum absolute atomic E-state index is 12.7. The van der Waals surface area contributed by atoms with Crippen LogP contribution in [0.25, 0.3) is 0 Å². The van der Waals surface area contributed by atoms with E-state index in [0.717, 1.165) is 0 Å². The van der Waals surface area contributed by atoms with E-state index < -0.39 is 85.7 Å². The van der Waals surface area contributed by atoms with Gasteiger partial charge in [-0.2, -0.15) is 11.8 Å². The SMILES string of the molecule is CSCCC(NC(=O)C(CCC(=O)O)NC(=O)C(CCC(=O)O)NC(=O)C(N)CO)C(=O)O. The van der Waals surface area contributed by atoms with E-state index in [1.54, 1.807) is 6.26 Å². The predicted octanol–water partition coefficient (Wildman–Crippen LogP) is -2.67. The Balaban J connectivity index is 5.54. The number of nitrogens with two attached hydrogens (primary N) is 1. The standard InChI is InChI=1S/C18H30N4O10S/c1-33-7-6-12(18(31)32)22-17(30)11(3-5-14(26)27)21-16(29)10(2-4-13(24)25)20-15(28)9(19)8-23/h9-12,23H,2-8,19H2,1H3,(H,20,28)(H,21,29)(H,22,30)(H,24,25)(H,26,27)(H,31,32). The first-order valence-corrected chi connectivity index (χ1v) is 11.2. The summed E-state index contributed by atoms with van der Waals surface area (Å²) in [6.45, 7) is -0.741. The number of rotatable bonds is 17. The summed E-state index contributed by atoms with van der Waals surface area (Å²) in [6, 6.07) is -5.60. The highest BCUT2D eigenvalue weighted by Gasteiger charge is 2.30. The van der Waals surface area contributed by atoms with Gasteiger partial charge in [-0.3, -0.25) is 24.0 Å². The number of thioether (sulfide) groups is 1. The largest absolute Gasteiger partial charge is 0.481 e. The number of hydrogen-bond donors (Lipinski definition) is 8. The second kappa shape index (κ2) is 15.8. The minimum Gasteiger partial charge on any atom is -0.481 e. The molecule has 4 unspecified atom stereocenters. The lowest BCUT2D eigenvalue weighted by molar-refractivity contribution is -0.143. The van der Waals surface area contributed by atoms with Crippen molar-refractivity contribution in [3.05, 3.63) is 0 Å². The number of aliphatic hydroxyl groups is 1. The third-order valence-corrected chi connectivity index (χ3v) is 4.96. The number of aliphatic carboxylic acids is 3. The molecule has 4 atom stereocenters. The number of carbonyl (C=O) groups is 6. The summed E-state index contributed by atoms with van der Waals surface area (Å²) in [6.07, 6.45) is -0.0265. The molecule has 0 heterocycles. The van der Waals surface area contributed by atoms with Crippen LogP contribution in [0, 0.1) is 0 Å². The van der Waals surface area contributed by atoms with Crippen molar-refractivity contribution in [3.63, 3.8) is 0 Å². The van der Waals surface area contributed by atoms with Gasteiger partial charge in [0.1, 0.15) is 24.2 Å². The monoisotopic (exact) mass is 494 g/mol. The van der Waals surface area contributed by atoms with Crippen LogP contribution in [-0.4, -0.2) is 98.8 Å². The van der Waals surface area contributed by atoms with Crippen LogP contribution >= 0.6 is 11.8 Å². The minimum atomic E-state index is -1.47. The van der Waals surface area contributed by atoms with Crippen molar-refractivity contribution in [2.45, 2.75) is 56.3 Å². The Morgan fingerprint density at radius 1 is 0.758 bits per heavy atom. The van der Waals surface area contributed by atoms with Gasteiger partial charge in [-0.05, 0) is 31.3 Å². The van der Waals surface area contributed by atoms with Crippen LogP contribution in [0.3, 0.4) is 0 Å². The Bertz CT molecular complexity index is 720. The first kappa shape index (κ1) is 30.1. The van der Waals surface area contributed by atoms with Crippen molar-refractivity contribution in [2.75, 3.05) is 18.6 Å². The topological polar surface area (TPSA) is 245 Å². The fraction of sp³-hybridized carbons (Fsp3) is 0.667. The zero-order valence-corrected chi connectivity index (χ0v) is 18.8. The molecule has 33 heavy (non-hydrogen) atoms. The number of nitrogens with one attached hydrogen (secondary N) is 3. The van der Waals surface area contributed by atoms with Gasteiger partial charge in [0, 0.05) is 12.8 Å². The average molecular weight is 495 g/mol. The Labute approximate surface area is 193 Å². The molecule has 0 aliphatic rings. The zero-order chi connectivity index (χ0) is 25.6. The second-order valence-electron chi connectivity index (χ2n) is 6.96. The first-order valence-electron chi connectivity index (χ1n) is 9.85. The van der Waals surface area contributed by atoms with Crippen molar-refractivity contribution in [3.8, 4) is 0 Å². The summed E-state index contributed by atoms with van der Waals surface area (Å²) in [7, 11) is 0. The summed E-state index contributed by atoms with van der Waals surface area (Å²) < 4.78 is 0. The van der Waals surface area contributed by atoms with E-state index >= 15 is 0 Å². The summed E-state index contributed by atoms with van der Waals surface area (Å²) in [5, 5.41) is 42.7. The fourth-order valence-electron chi connectivity index (χ4n) is 2.47. The smallest absolute Gasteiger partial charge is 0.326 e. The van der Waals surface area contributed by atoms with E-state index in [4.69, 9.17) is 21.1 Å². The molecule has 0 aliphatic carbocycles. The van der Waals surface area contributed by atoms with Gasteiger partial charge in [0.15, 0.2) is 0 Å². The Morgan fingerprint density at radius 3 is 1.55 bits per heavy atom. The molecule has 15 heteroatoms. The molecule has 0 saturated carbocycles. The summed E-state index contributed by atoms with van der Waals surface area (Å²) in [5.41, 5.74) is 5.38. The van der Waals surface area contributed by atoms with Crippen LogP contribution in [0.15, 0.2) is 0 Å². The lowest BCUT2D eigenvalue weighted by Crippen LogP contribution is -2.57. The third kappa shape index (κ3) is 12.6. The van der Waals surface area contributed by atoms with Crippen LogP contribution in [-0.2, 0) is 28.8 Å². The maximum Gasteiger partial charge on any atom is 0.326 e. The van der Waals surface area contributed by atoms with Gasteiger partial charge in [-0.15, -0.1) is 0 Å². The zero-order valence-electron chi connectivity index (χ0n) is 18.0. The molecule has 188 valence electrons. The van der Waals surface area contributed by atoms with Crippen LogP contribution in [0.5, 0.6) is 0 Å². The van der Waals surface area contributed by atoms with Gasteiger partial charge in [0.25, 0.3) is 0 Å². The van der Waals surface area contributed by atoms with E-state index in [2.05, 4.69) is 16.0 Å². The molecule has 9 N–H and O–H groups in total. The molecule has 0 aromatic heterocycles. The van der Waals surface area contributed by atoms with Gasteiger partial charge in [0.05, 0.1) is 6.61 Å². The molecule has 0 rings (SSSR count). The number of aliphatic hydroxyl groups excluding tert-OH is 1. The van der Waals surface area contributed by atoms with Gasteiger partial charge >= 0.3 is 17.9 Å². The molecule has 0 fully saturated rings. The van der Waals surface area contributed by atoms with Gasteiger partial charge in [-0.1, -0.05) is 0 Å². The van der Waals surface area contributed by atoms with Crippen molar-refractivity contribution in [1.29, 1.82) is 0 Å². The van der Waals surface area contributed by atoms with E-state index in [0.29, 0.717) is 5.75 Å². The maximum atomic E-state index is 12.7. The molecular weight excluding hydrogens is 464 g/mol. The number of carboxylic acid groups (broad SMARTS) is 3. The Morgan fingerprint density at radius 2 is 1.18 bits per heavy atom. The summed E-state index contributed by atoms with van der Waals surface area (Å²) >= 11 is 1.35. The van der Waals surface area contributed by atoms with E-state index in [-0.39, 0.29) is 12.8 Å². The molecule has 3 amide bonds. The van der Waals surface area contributed by atoms with E-state index in [1.807, 2.05) is 0 Å². The van der Waals surface area contributed by atoms with E-state index in [9.17, 15) is 33.9 Å². The van der Waals surface area contributed by atoms with Gasteiger partial charge in [0.2, 0.25) is 17.7 Å². The van der Waals surface area contributed by atoms with Crippen LogP contribution < -0.4 is 21.7 Å². The van der Waals surface area contributed by atoms with Crippen LogP contribution in [0.1, 0.15) is 32.1 Å². The van der Waals surface area contributed by atoms with Gasteiger partial charge < -0.3 is 42.1 Å². The molecule has 0 aromatic rings. The second-order valence-corrected chi connectivity index (χ2v) is 7.94. The lowest BCUT2D eigenvalue weighted by Gasteiger charge is -2.24. The highest BCUT2D eigenvalue weighted by Crippen LogP contribution is 2.06. The highest BCUT2D eigenvalue weighted by molar-refractivity contribution is 7.98. The first-order chi connectivity index (χ1) is 15.4. The molecule has 0 bridgehead atoms. The Kier molecular flexibility index (Phi) is 14.4. The number of amides is 3. The number of carbonyl (C=O) groups excluding carboxylic acids is 3. The highest BCUT2D eigenvalue weighted by atomic mass is 32.2. The van der Waals surface area contributed by atoms with Crippen molar-refractivity contribution < 1.29 is 49.2 Å². The summed E-state index contributed by atoms with van der Waals surface area (Å²) in [5.74, 6) is -6.35. The molecule has 0 saturated heterocycles. The van der Waals surface area contributed by atoms with Crippen LogP contribution in [0.4, 0.5) is 0 Å². The van der Waals surface area contributed by atoms with Gasteiger partial charge in [-0.25, -0.2) is 4.79 Å². The fourth-order valence-corrected chi connectivity index (χ4v) is 2.94. The summed E-state index contributed by atoms with van der Waals surface area (Å²) in [4.78, 5) is 70.5. The molecule has 0 aliphatic heterocycles. The minimum absolute atomic E-state index is 0.0815. The average Bonchev–Trinajstić information content (AvgIpc) is 2.74. The predicted molar refractivity (Wildman–Crippen MR) is 115 cm³/mol. The molecule has 0 radical (unpaired) electrons. The van der Waals surface area contributed by atoms with Crippen molar-refractivity contribution in [2.24, 2.45) is 5.73 Å². The number of carboxylic acids is 3. The molecular formula is C18H30N4O10S. The molecule has 0 spiro atoms. The lowest BCUT2D eigenvalue weighted by atomic mass is 10.1. The van der Waals surface area contributed by atoms with Crippen LogP contribution in [0.2, 0.25) is 0 Å². The van der Waals surface area contributed by atoms with Crippen molar-refractivity contribution >= 4 is 47.4 Å². The number of hydrogen-bond acceptors (Lipinski definition) is 9. The molecule has 0 aromatic carbocycles. The normalized spacial score (nSPS) is 14.3. The Hall–Kier alpha value is -2.91. The van der Waals surface area contributed by atoms with E-state index in [1.165, 1.54) is 11.8 Å².